The van der Waals surface area contributed by atoms with E-state index < -0.39 is 17.7 Å². The van der Waals surface area contributed by atoms with Crippen LogP contribution in [0.3, 0.4) is 0 Å². The minimum Gasteiger partial charge on any atom is -0.507 e. The van der Waals surface area contributed by atoms with Crippen LogP contribution in [0.25, 0.3) is 5.76 Å². The first-order chi connectivity index (χ1) is 17.4. The van der Waals surface area contributed by atoms with Crippen molar-refractivity contribution >= 4 is 29.1 Å². The number of likely N-dealkylation sites (tertiary alicyclic amines) is 1. The second-order valence-corrected chi connectivity index (χ2v) is 8.96. The highest BCUT2D eigenvalue weighted by Crippen LogP contribution is 2.42. The van der Waals surface area contributed by atoms with Crippen molar-refractivity contribution in [3.63, 3.8) is 0 Å². The normalized spacial score (nSPS) is 20.1. The number of halogens is 1. The Bertz CT molecular complexity index is 1130. The smallest absolute Gasteiger partial charge is 0.295 e. The Morgan fingerprint density at radius 1 is 1.00 bits per heavy atom. The zero-order chi connectivity index (χ0) is 25.7. The Morgan fingerprint density at radius 2 is 1.67 bits per heavy atom. The predicted octanol–water partition coefficient (Wildman–Crippen LogP) is 3.89. The van der Waals surface area contributed by atoms with Gasteiger partial charge in [-0.05, 0) is 55.8 Å². The topological polar surface area (TPSA) is 88.5 Å². The molecular formula is C27H31ClN2O6. The third-order valence-corrected chi connectivity index (χ3v) is 6.55. The molecule has 2 aromatic carbocycles. The molecule has 2 aromatic rings. The van der Waals surface area contributed by atoms with Crippen LogP contribution in [0, 0.1) is 0 Å². The van der Waals surface area contributed by atoms with Gasteiger partial charge in [0.05, 0.1) is 38.0 Å². The number of Topliss-reactive ketones (excluding diaryl/α,β-unsaturated/α-hetero) is 1. The van der Waals surface area contributed by atoms with Gasteiger partial charge in [0.2, 0.25) is 0 Å². The number of rotatable bonds is 9. The number of carbonyl (C=O) groups excluding carboxylic acids is 2. The summed E-state index contributed by atoms with van der Waals surface area (Å²) in [6.45, 7) is 8.35. The third-order valence-electron chi connectivity index (χ3n) is 6.30. The minimum absolute atomic E-state index is 0.0379. The molecule has 2 aliphatic rings. The van der Waals surface area contributed by atoms with Crippen LogP contribution < -0.4 is 9.47 Å². The zero-order valence-electron chi connectivity index (χ0n) is 20.5. The van der Waals surface area contributed by atoms with E-state index in [4.69, 9.17) is 25.8 Å². The number of morpholine rings is 1. The van der Waals surface area contributed by atoms with Crippen LogP contribution in [0.5, 0.6) is 11.5 Å². The number of aliphatic hydroxyl groups excluding tert-OH is 1. The number of benzene rings is 2. The van der Waals surface area contributed by atoms with E-state index in [0.29, 0.717) is 67.2 Å². The molecule has 0 spiro atoms. The van der Waals surface area contributed by atoms with Gasteiger partial charge in [-0.1, -0.05) is 17.7 Å². The maximum atomic E-state index is 13.3. The van der Waals surface area contributed by atoms with E-state index in [9.17, 15) is 14.7 Å². The van der Waals surface area contributed by atoms with Crippen LogP contribution in [0.15, 0.2) is 48.0 Å². The first kappa shape index (κ1) is 26.0. The molecule has 4 rings (SSSR count). The van der Waals surface area contributed by atoms with Crippen molar-refractivity contribution in [1.29, 1.82) is 0 Å². The van der Waals surface area contributed by atoms with E-state index in [0.717, 1.165) is 13.1 Å². The molecule has 1 N–H and O–H groups in total. The molecule has 9 heteroatoms. The van der Waals surface area contributed by atoms with E-state index >= 15 is 0 Å². The number of hydrogen-bond donors (Lipinski definition) is 1. The Hall–Kier alpha value is -3.07. The Kier molecular flexibility index (Phi) is 8.51. The summed E-state index contributed by atoms with van der Waals surface area (Å²) in [6, 6.07) is 11.1. The quantitative estimate of drug-likeness (QED) is 0.308. The summed E-state index contributed by atoms with van der Waals surface area (Å²) in [5, 5.41) is 11.7. The number of ketones is 1. The monoisotopic (exact) mass is 514 g/mol. The second kappa shape index (κ2) is 11.8. The van der Waals surface area contributed by atoms with Gasteiger partial charge in [0.1, 0.15) is 5.76 Å². The number of amides is 1. The predicted molar refractivity (Wildman–Crippen MR) is 137 cm³/mol. The average molecular weight is 515 g/mol. The molecule has 192 valence electrons. The number of carbonyl (C=O) groups is 2. The van der Waals surface area contributed by atoms with Crippen LogP contribution in [0.4, 0.5) is 0 Å². The lowest BCUT2D eigenvalue weighted by molar-refractivity contribution is -0.140. The van der Waals surface area contributed by atoms with E-state index in [2.05, 4.69) is 4.90 Å². The summed E-state index contributed by atoms with van der Waals surface area (Å²) in [5.74, 6) is -0.513. The van der Waals surface area contributed by atoms with Gasteiger partial charge < -0.3 is 24.2 Å². The third kappa shape index (κ3) is 5.51. The van der Waals surface area contributed by atoms with Gasteiger partial charge in [-0.15, -0.1) is 0 Å². The van der Waals surface area contributed by atoms with Crippen LogP contribution in [0.1, 0.15) is 31.0 Å². The van der Waals surface area contributed by atoms with Crippen molar-refractivity contribution in [3.8, 4) is 11.5 Å². The van der Waals surface area contributed by atoms with E-state index in [1.165, 1.54) is 4.90 Å². The number of hydrogen-bond acceptors (Lipinski definition) is 7. The molecular weight excluding hydrogens is 484 g/mol. The molecule has 2 saturated heterocycles. The van der Waals surface area contributed by atoms with E-state index in [1.54, 1.807) is 42.5 Å². The molecule has 8 nitrogen and oxygen atoms in total. The summed E-state index contributed by atoms with van der Waals surface area (Å²) in [6.07, 6.45) is 0. The molecule has 1 atom stereocenters. The first-order valence-corrected chi connectivity index (χ1v) is 12.6. The van der Waals surface area contributed by atoms with Crippen LogP contribution in [-0.4, -0.2) is 79.2 Å². The largest absolute Gasteiger partial charge is 0.507 e. The molecule has 2 heterocycles. The van der Waals surface area contributed by atoms with Crippen molar-refractivity contribution in [2.24, 2.45) is 0 Å². The molecule has 2 aliphatic heterocycles. The lowest BCUT2D eigenvalue weighted by Gasteiger charge is -2.31. The molecule has 0 saturated carbocycles. The van der Waals surface area contributed by atoms with Gasteiger partial charge in [-0.2, -0.15) is 0 Å². The van der Waals surface area contributed by atoms with Gasteiger partial charge in [-0.3, -0.25) is 14.5 Å². The highest BCUT2D eigenvalue weighted by molar-refractivity contribution is 6.46. The number of nitrogens with zero attached hydrogens (tertiary/aromatic N) is 2. The van der Waals surface area contributed by atoms with Crippen molar-refractivity contribution in [2.45, 2.75) is 19.9 Å². The maximum Gasteiger partial charge on any atom is 0.295 e. The SMILES string of the molecule is CCOc1ccc([C@@H]2C(=C(O)c3ccc(Cl)cc3)C(=O)C(=O)N2CCN2CCOCC2)cc1OCC. The van der Waals surface area contributed by atoms with Gasteiger partial charge in [0.15, 0.2) is 11.5 Å². The highest BCUT2D eigenvalue weighted by atomic mass is 35.5. The van der Waals surface area contributed by atoms with Gasteiger partial charge in [-0.25, -0.2) is 0 Å². The summed E-state index contributed by atoms with van der Waals surface area (Å²) in [5.41, 5.74) is 1.10. The van der Waals surface area contributed by atoms with Crippen molar-refractivity contribution in [1.82, 2.24) is 9.80 Å². The minimum atomic E-state index is -0.781. The number of ether oxygens (including phenoxy) is 3. The van der Waals surface area contributed by atoms with E-state index in [1.807, 2.05) is 13.8 Å². The van der Waals surface area contributed by atoms with Crippen LogP contribution >= 0.6 is 11.6 Å². The summed E-state index contributed by atoms with van der Waals surface area (Å²) in [4.78, 5) is 30.3. The summed E-state index contributed by atoms with van der Waals surface area (Å²) >= 11 is 6.01. The van der Waals surface area contributed by atoms with Crippen LogP contribution in [0.2, 0.25) is 5.02 Å². The lowest BCUT2D eigenvalue weighted by Crippen LogP contribution is -2.42. The standard InChI is InChI=1S/C27H31ClN2O6/c1-3-35-21-10-7-19(17-22(21)36-4-2)24-23(25(31)18-5-8-20(28)9-6-18)26(32)27(33)30(24)12-11-29-13-15-34-16-14-29/h5-10,17,24,31H,3-4,11-16H2,1-2H3/t24-/m1/s1. The summed E-state index contributed by atoms with van der Waals surface area (Å²) in [7, 11) is 0. The van der Waals surface area contributed by atoms with Gasteiger partial charge in [0.25, 0.3) is 11.7 Å². The molecule has 0 aliphatic carbocycles. The van der Waals surface area contributed by atoms with Crippen molar-refractivity contribution in [2.75, 3.05) is 52.6 Å². The lowest BCUT2D eigenvalue weighted by atomic mass is 9.95. The average Bonchev–Trinajstić information content (AvgIpc) is 3.14. The Morgan fingerprint density at radius 3 is 2.33 bits per heavy atom. The number of aliphatic hydroxyl groups is 1. The zero-order valence-corrected chi connectivity index (χ0v) is 21.3. The van der Waals surface area contributed by atoms with Gasteiger partial charge >= 0.3 is 0 Å². The molecule has 2 fully saturated rings. The van der Waals surface area contributed by atoms with Crippen molar-refractivity contribution in [3.05, 3.63) is 64.2 Å². The van der Waals surface area contributed by atoms with Crippen LogP contribution in [-0.2, 0) is 14.3 Å². The molecule has 36 heavy (non-hydrogen) atoms. The first-order valence-electron chi connectivity index (χ1n) is 12.2. The molecule has 0 bridgehead atoms. The fraction of sp³-hybridized carbons (Fsp3) is 0.407. The maximum absolute atomic E-state index is 13.3. The van der Waals surface area contributed by atoms with E-state index in [-0.39, 0.29) is 11.3 Å². The fourth-order valence-electron chi connectivity index (χ4n) is 4.53. The summed E-state index contributed by atoms with van der Waals surface area (Å²) < 4.78 is 16.9. The highest BCUT2D eigenvalue weighted by Gasteiger charge is 2.46. The second-order valence-electron chi connectivity index (χ2n) is 8.53. The molecule has 0 radical (unpaired) electrons. The van der Waals surface area contributed by atoms with Crippen molar-refractivity contribution < 1.29 is 28.9 Å². The molecule has 1 amide bonds. The Labute approximate surface area is 216 Å². The molecule has 0 unspecified atom stereocenters. The Balaban J connectivity index is 1.77. The molecule has 0 aromatic heterocycles. The van der Waals surface area contributed by atoms with Gasteiger partial charge in [0, 0.05) is 36.8 Å². The fourth-order valence-corrected chi connectivity index (χ4v) is 4.66.